The summed E-state index contributed by atoms with van der Waals surface area (Å²) in [5.41, 5.74) is 3.88. The monoisotopic (exact) mass is 243 g/mol. The van der Waals surface area contributed by atoms with Crippen LogP contribution in [0, 0.1) is 5.92 Å². The molecule has 0 aliphatic heterocycles. The van der Waals surface area contributed by atoms with Gasteiger partial charge in [0.25, 0.3) is 0 Å². The van der Waals surface area contributed by atoms with E-state index in [4.69, 9.17) is 0 Å². The molecule has 1 aromatic carbocycles. The van der Waals surface area contributed by atoms with E-state index >= 15 is 0 Å². The number of benzene rings is 1. The Morgan fingerprint density at radius 3 is 2.61 bits per heavy atom. The van der Waals surface area contributed by atoms with E-state index in [0.717, 1.165) is 18.5 Å². The Bertz CT molecular complexity index is 446. The van der Waals surface area contributed by atoms with Gasteiger partial charge in [-0.15, -0.1) is 0 Å². The molecule has 2 nitrogen and oxygen atoms in total. The van der Waals surface area contributed by atoms with E-state index in [1.807, 2.05) is 0 Å². The summed E-state index contributed by atoms with van der Waals surface area (Å²) in [4.78, 5) is 12.2. The predicted molar refractivity (Wildman–Crippen MR) is 73.7 cm³/mol. The fourth-order valence-corrected chi connectivity index (χ4v) is 3.26. The summed E-state index contributed by atoms with van der Waals surface area (Å²) in [7, 11) is 0. The van der Waals surface area contributed by atoms with Gasteiger partial charge in [-0.25, -0.2) is 0 Å². The van der Waals surface area contributed by atoms with Crippen molar-refractivity contribution < 1.29 is 4.79 Å². The molecule has 2 aliphatic rings. The van der Waals surface area contributed by atoms with Crippen LogP contribution in [0.2, 0.25) is 0 Å². The number of hydrogen-bond acceptors (Lipinski definition) is 1. The van der Waals surface area contributed by atoms with Crippen LogP contribution in [-0.4, -0.2) is 5.91 Å². The van der Waals surface area contributed by atoms with E-state index in [2.05, 4.69) is 23.5 Å². The fraction of sp³-hybridized carbons (Fsp3) is 0.562. The van der Waals surface area contributed by atoms with Gasteiger partial charge in [-0.2, -0.15) is 0 Å². The number of carbonyl (C=O) groups excluding carboxylic acids is 1. The number of nitrogens with one attached hydrogen (secondary N) is 1. The maximum Gasteiger partial charge on any atom is 0.227 e. The number of fused-ring (bicyclic) bond motifs is 1. The first-order valence-electron chi connectivity index (χ1n) is 7.25. The molecular weight excluding hydrogens is 222 g/mol. The molecule has 2 heteroatoms. The van der Waals surface area contributed by atoms with Crippen LogP contribution in [0.15, 0.2) is 18.2 Å². The minimum Gasteiger partial charge on any atom is -0.326 e. The topological polar surface area (TPSA) is 29.1 Å². The van der Waals surface area contributed by atoms with Crippen molar-refractivity contribution >= 4 is 11.6 Å². The first kappa shape index (κ1) is 11.8. The van der Waals surface area contributed by atoms with Crippen molar-refractivity contribution in [3.05, 3.63) is 29.3 Å². The quantitative estimate of drug-likeness (QED) is 0.843. The van der Waals surface area contributed by atoms with Crippen LogP contribution in [0.3, 0.4) is 0 Å². The van der Waals surface area contributed by atoms with E-state index in [-0.39, 0.29) is 11.8 Å². The minimum absolute atomic E-state index is 0.229. The van der Waals surface area contributed by atoms with Gasteiger partial charge in [-0.3, -0.25) is 4.79 Å². The summed E-state index contributed by atoms with van der Waals surface area (Å²) in [5.74, 6) is 0.472. The third-order valence-electron chi connectivity index (χ3n) is 4.34. The van der Waals surface area contributed by atoms with Gasteiger partial charge in [0.05, 0.1) is 0 Å². The van der Waals surface area contributed by atoms with E-state index < -0.39 is 0 Å². The van der Waals surface area contributed by atoms with Gasteiger partial charge in [0.1, 0.15) is 0 Å². The van der Waals surface area contributed by atoms with Crippen LogP contribution >= 0.6 is 0 Å². The lowest BCUT2D eigenvalue weighted by Gasteiger charge is -2.20. The van der Waals surface area contributed by atoms with Crippen LogP contribution in [0.5, 0.6) is 0 Å². The number of rotatable bonds is 2. The van der Waals surface area contributed by atoms with Gasteiger partial charge in [-0.1, -0.05) is 25.3 Å². The molecule has 0 atom stereocenters. The average molecular weight is 243 g/mol. The Balaban J connectivity index is 1.66. The number of carbonyl (C=O) groups is 1. The van der Waals surface area contributed by atoms with Gasteiger partial charge in [0.15, 0.2) is 0 Å². The van der Waals surface area contributed by atoms with Gasteiger partial charge < -0.3 is 5.32 Å². The highest BCUT2D eigenvalue weighted by Crippen LogP contribution is 2.27. The van der Waals surface area contributed by atoms with E-state index in [1.54, 1.807) is 0 Å². The maximum atomic E-state index is 12.2. The molecule has 2 aliphatic carbocycles. The zero-order valence-corrected chi connectivity index (χ0v) is 10.9. The van der Waals surface area contributed by atoms with Crippen LogP contribution in [0.25, 0.3) is 0 Å². The lowest BCUT2D eigenvalue weighted by atomic mass is 9.88. The highest BCUT2D eigenvalue weighted by molar-refractivity contribution is 5.92. The second-order valence-electron chi connectivity index (χ2n) is 5.66. The first-order chi connectivity index (χ1) is 8.83. The number of hydrogen-bond donors (Lipinski definition) is 1. The normalized spacial score (nSPS) is 19.6. The highest BCUT2D eigenvalue weighted by atomic mass is 16.1. The summed E-state index contributed by atoms with van der Waals surface area (Å²) >= 11 is 0. The standard InChI is InChI=1S/C16H21NO/c18-16(13-5-2-1-3-6-13)17-15-10-9-12-7-4-8-14(12)11-15/h9-11,13H,1-8H2,(H,17,18). The predicted octanol–water partition coefficient (Wildman–Crippen LogP) is 3.69. The average Bonchev–Trinajstić information content (AvgIpc) is 2.87. The molecule has 0 bridgehead atoms. The molecule has 1 fully saturated rings. The van der Waals surface area contributed by atoms with Crippen molar-refractivity contribution in [3.8, 4) is 0 Å². The van der Waals surface area contributed by atoms with Crippen molar-refractivity contribution in [1.29, 1.82) is 0 Å². The Morgan fingerprint density at radius 2 is 1.78 bits per heavy atom. The second-order valence-corrected chi connectivity index (χ2v) is 5.66. The number of anilines is 1. The number of aryl methyl sites for hydroxylation is 2. The second kappa shape index (κ2) is 5.13. The molecule has 1 N–H and O–H groups in total. The SMILES string of the molecule is O=C(Nc1ccc2c(c1)CCC2)C1CCCCC1. The molecule has 1 amide bonds. The van der Waals surface area contributed by atoms with Crippen molar-refractivity contribution in [3.63, 3.8) is 0 Å². The van der Waals surface area contributed by atoms with Crippen molar-refractivity contribution in [1.82, 2.24) is 0 Å². The molecule has 0 aromatic heterocycles. The zero-order valence-electron chi connectivity index (χ0n) is 10.9. The fourth-order valence-electron chi connectivity index (χ4n) is 3.26. The highest BCUT2D eigenvalue weighted by Gasteiger charge is 2.21. The number of amides is 1. The summed E-state index contributed by atoms with van der Waals surface area (Å²) in [6.07, 6.45) is 9.48. The molecule has 0 radical (unpaired) electrons. The van der Waals surface area contributed by atoms with Crippen molar-refractivity contribution in [2.24, 2.45) is 5.92 Å². The van der Waals surface area contributed by atoms with Gasteiger partial charge in [0, 0.05) is 11.6 Å². The molecule has 96 valence electrons. The van der Waals surface area contributed by atoms with E-state index in [9.17, 15) is 4.79 Å². The molecule has 1 saturated carbocycles. The lowest BCUT2D eigenvalue weighted by molar-refractivity contribution is -0.120. The minimum atomic E-state index is 0.229. The Hall–Kier alpha value is -1.31. The van der Waals surface area contributed by atoms with Gasteiger partial charge >= 0.3 is 0 Å². The van der Waals surface area contributed by atoms with Crippen LogP contribution < -0.4 is 5.32 Å². The molecule has 0 heterocycles. The van der Waals surface area contributed by atoms with Crippen molar-refractivity contribution in [2.75, 3.05) is 5.32 Å². The van der Waals surface area contributed by atoms with Crippen LogP contribution in [0.4, 0.5) is 5.69 Å². The summed E-state index contributed by atoms with van der Waals surface area (Å²) in [5, 5.41) is 3.10. The lowest BCUT2D eigenvalue weighted by Crippen LogP contribution is -2.24. The van der Waals surface area contributed by atoms with Gasteiger partial charge in [0.2, 0.25) is 5.91 Å². The molecule has 0 saturated heterocycles. The van der Waals surface area contributed by atoms with Crippen molar-refractivity contribution in [2.45, 2.75) is 51.4 Å². The smallest absolute Gasteiger partial charge is 0.227 e. The summed E-state index contributed by atoms with van der Waals surface area (Å²) < 4.78 is 0. The third kappa shape index (κ3) is 2.43. The molecule has 1 aromatic rings. The van der Waals surface area contributed by atoms with E-state index in [1.165, 1.54) is 49.7 Å². The summed E-state index contributed by atoms with van der Waals surface area (Å²) in [6.45, 7) is 0. The first-order valence-corrected chi connectivity index (χ1v) is 7.25. The largest absolute Gasteiger partial charge is 0.326 e. The van der Waals surface area contributed by atoms with E-state index in [0.29, 0.717) is 0 Å². The Morgan fingerprint density at radius 1 is 1.00 bits per heavy atom. The molecule has 0 unspecified atom stereocenters. The maximum absolute atomic E-state index is 12.2. The molecule has 0 spiro atoms. The molecule has 3 rings (SSSR count). The molecular formula is C16H21NO. The summed E-state index contributed by atoms with van der Waals surface area (Å²) in [6, 6.07) is 6.41. The molecule has 18 heavy (non-hydrogen) atoms. The van der Waals surface area contributed by atoms with Gasteiger partial charge in [-0.05, 0) is 55.4 Å². The van der Waals surface area contributed by atoms with Crippen LogP contribution in [-0.2, 0) is 17.6 Å². The zero-order chi connectivity index (χ0) is 12.4. The Kier molecular flexibility index (Phi) is 3.35. The third-order valence-corrected chi connectivity index (χ3v) is 4.34. The van der Waals surface area contributed by atoms with Crippen LogP contribution in [0.1, 0.15) is 49.7 Å². The Labute approximate surface area is 109 Å².